The molecule has 0 aromatic carbocycles. The van der Waals surface area contributed by atoms with E-state index in [9.17, 15) is 0 Å². The van der Waals surface area contributed by atoms with Crippen molar-refractivity contribution in [1.82, 2.24) is 0 Å². The first-order valence-corrected chi connectivity index (χ1v) is 1.34. The molecule has 1 aliphatic rings. The van der Waals surface area contributed by atoms with E-state index in [0.717, 1.165) is 0 Å². The molecule has 6 heavy (non-hydrogen) atoms. The smallest absolute Gasteiger partial charge is 0.280 e. The quantitative estimate of drug-likeness (QED) is 0.448. The Morgan fingerprint density at radius 2 is 1.67 bits per heavy atom. The molecule has 0 amide bonds. The molecule has 0 atom stereocenters. The Bertz CT molecular complexity index is 80.1. The van der Waals surface area contributed by atoms with E-state index in [1.54, 1.807) is 0 Å². The highest BCUT2D eigenvalue weighted by molar-refractivity contribution is 4.71. The second-order valence-electron chi connectivity index (χ2n) is 0.737. The van der Waals surface area contributed by atoms with E-state index in [0.29, 0.717) is 0 Å². The van der Waals surface area contributed by atoms with Crippen LogP contribution in [-0.2, 0) is 0 Å². The lowest BCUT2D eigenvalue weighted by Crippen LogP contribution is -1.97. The van der Waals surface area contributed by atoms with E-state index >= 15 is 0 Å². The molecule has 0 aliphatic carbocycles. The van der Waals surface area contributed by atoms with Crippen molar-refractivity contribution in [2.45, 2.75) is 0 Å². The third kappa shape index (κ3) is 0.389. The van der Waals surface area contributed by atoms with Crippen LogP contribution >= 0.6 is 0 Å². The Labute approximate surface area is 33.9 Å². The molecule has 1 heterocycles. The third-order valence-electron chi connectivity index (χ3n) is 0.334. The molecular weight excluding hydrogens is 82.0 g/mol. The molecule has 0 fully saturated rings. The van der Waals surface area contributed by atoms with Crippen LogP contribution in [0.25, 0.3) is 0 Å². The predicted octanol–water partition coefficient (Wildman–Crippen LogP) is 0.225. The minimum absolute atomic E-state index is 0.120. The zero-order valence-electron chi connectivity index (χ0n) is 2.87. The van der Waals surface area contributed by atoms with Gasteiger partial charge in [0.2, 0.25) is 0 Å². The van der Waals surface area contributed by atoms with Crippen molar-refractivity contribution in [3.63, 3.8) is 0 Å². The number of nitrogens with two attached hydrogens (primary N) is 1. The van der Waals surface area contributed by atoms with Gasteiger partial charge in [0.25, 0.3) is 0 Å². The Morgan fingerprint density at radius 3 is 1.83 bits per heavy atom. The van der Waals surface area contributed by atoms with Gasteiger partial charge < -0.3 is 0 Å². The van der Waals surface area contributed by atoms with Crippen LogP contribution in [0.5, 0.6) is 0 Å². The van der Waals surface area contributed by atoms with Gasteiger partial charge in [-0.1, -0.05) is 0 Å². The summed E-state index contributed by atoms with van der Waals surface area (Å²) >= 11 is 0. The van der Waals surface area contributed by atoms with Gasteiger partial charge in [-0.05, 0) is 10.4 Å². The van der Waals surface area contributed by atoms with Crippen LogP contribution in [0.3, 0.4) is 0 Å². The Balaban J connectivity index is 2.60. The molecule has 0 saturated heterocycles. The molecule has 0 bridgehead atoms. The standard InChI is InChI=1S/CH2N5/c2-1-3-5-6-4-1/h2H2. The summed E-state index contributed by atoms with van der Waals surface area (Å²) in [5.74, 6) is 0. The molecule has 1 rings (SSSR count). The highest BCUT2D eigenvalue weighted by Gasteiger charge is 1.99. The lowest BCUT2D eigenvalue weighted by atomic mass is 11.0. The normalized spacial score (nSPS) is 20.2. The monoisotopic (exact) mass is 84.0 g/mol. The van der Waals surface area contributed by atoms with Crippen LogP contribution in [0.4, 0.5) is 0 Å². The third-order valence-corrected chi connectivity index (χ3v) is 0.334. The predicted molar refractivity (Wildman–Crippen MR) is 17.1 cm³/mol. The highest BCUT2D eigenvalue weighted by Crippen LogP contribution is 2.02. The van der Waals surface area contributed by atoms with Gasteiger partial charge in [-0.2, -0.15) is 0 Å². The van der Waals surface area contributed by atoms with Gasteiger partial charge in [-0.15, -0.1) is 10.2 Å². The zero-order valence-corrected chi connectivity index (χ0v) is 2.87. The maximum atomic E-state index is 4.93. The van der Waals surface area contributed by atoms with E-state index < -0.39 is 0 Å². The molecule has 31 valence electrons. The molecule has 5 nitrogen and oxygen atoms in total. The summed E-state index contributed by atoms with van der Waals surface area (Å²) in [7, 11) is 0. The minimum Gasteiger partial charge on any atom is -0.280 e. The van der Waals surface area contributed by atoms with Crippen molar-refractivity contribution in [3.8, 4) is 0 Å². The van der Waals surface area contributed by atoms with E-state index in [1.165, 1.54) is 0 Å². The van der Waals surface area contributed by atoms with Gasteiger partial charge in [-0.3, -0.25) is 5.73 Å². The van der Waals surface area contributed by atoms with Crippen molar-refractivity contribution in [3.05, 3.63) is 6.29 Å². The van der Waals surface area contributed by atoms with Gasteiger partial charge >= 0.3 is 6.29 Å². The summed E-state index contributed by atoms with van der Waals surface area (Å²) in [6.45, 7) is 0. The molecule has 2 N–H and O–H groups in total. The fraction of sp³-hybridized carbons (Fsp3) is 0. The maximum absolute atomic E-state index is 4.93. The van der Waals surface area contributed by atoms with Crippen LogP contribution < -0.4 is 5.73 Å². The molecule has 0 aromatic heterocycles. The van der Waals surface area contributed by atoms with E-state index in [4.69, 9.17) is 5.73 Å². The molecule has 0 aromatic rings. The largest absolute Gasteiger partial charge is 0.307 e. The van der Waals surface area contributed by atoms with Gasteiger partial charge in [0.1, 0.15) is 0 Å². The van der Waals surface area contributed by atoms with Crippen LogP contribution in [-0.4, -0.2) is 0 Å². The van der Waals surface area contributed by atoms with Crippen molar-refractivity contribution >= 4 is 0 Å². The summed E-state index contributed by atoms with van der Waals surface area (Å²) in [6, 6.07) is 0. The van der Waals surface area contributed by atoms with Crippen molar-refractivity contribution in [2.75, 3.05) is 0 Å². The maximum Gasteiger partial charge on any atom is 0.307 e. The van der Waals surface area contributed by atoms with E-state index in [2.05, 4.69) is 20.7 Å². The average molecular weight is 84.1 g/mol. The fourth-order valence-electron chi connectivity index (χ4n) is 0.152. The molecule has 1 radical (unpaired) electrons. The summed E-state index contributed by atoms with van der Waals surface area (Å²) in [6.07, 6.45) is 0.120. The first-order valence-electron chi connectivity index (χ1n) is 1.34. The lowest BCUT2D eigenvalue weighted by molar-refractivity contribution is 0.939. The average Bonchev–Trinajstić information content (AvgIpc) is 1.86. The molecule has 0 saturated carbocycles. The van der Waals surface area contributed by atoms with Crippen LogP contribution in [0.2, 0.25) is 0 Å². The number of hydrogen-bond acceptors (Lipinski definition) is 5. The first-order chi connectivity index (χ1) is 2.89. The molecular formula is CH2N5. The Kier molecular flexibility index (Phi) is 0.612. The van der Waals surface area contributed by atoms with Gasteiger partial charge in [0, 0.05) is 0 Å². The molecule has 0 unspecified atom stereocenters. The molecule has 1 aliphatic heterocycles. The Morgan fingerprint density at radius 1 is 1.17 bits per heavy atom. The summed E-state index contributed by atoms with van der Waals surface area (Å²) < 4.78 is 0. The lowest BCUT2D eigenvalue weighted by Gasteiger charge is -1.75. The SMILES string of the molecule is N[C]1N=NN=N1. The number of nitrogens with zero attached hydrogens (tertiary/aromatic N) is 4. The summed E-state index contributed by atoms with van der Waals surface area (Å²) in [4.78, 5) is 0. The number of rotatable bonds is 0. The van der Waals surface area contributed by atoms with Crippen molar-refractivity contribution in [2.24, 2.45) is 26.4 Å². The highest BCUT2D eigenvalue weighted by atomic mass is 15.6. The van der Waals surface area contributed by atoms with Crippen LogP contribution in [0.15, 0.2) is 20.7 Å². The van der Waals surface area contributed by atoms with Crippen LogP contribution in [0, 0.1) is 6.29 Å². The number of hydrogen-bond donors (Lipinski definition) is 1. The second kappa shape index (κ2) is 1.09. The topological polar surface area (TPSA) is 75.5 Å². The second-order valence-corrected chi connectivity index (χ2v) is 0.737. The fourth-order valence-corrected chi connectivity index (χ4v) is 0.152. The molecule has 0 spiro atoms. The zero-order chi connectivity index (χ0) is 4.41. The van der Waals surface area contributed by atoms with Gasteiger partial charge in [0.15, 0.2) is 0 Å². The van der Waals surface area contributed by atoms with Gasteiger partial charge in [0.05, 0.1) is 0 Å². The van der Waals surface area contributed by atoms with E-state index in [-0.39, 0.29) is 6.29 Å². The Hall–Kier alpha value is -0.840. The van der Waals surface area contributed by atoms with Gasteiger partial charge in [-0.25, -0.2) is 0 Å². The van der Waals surface area contributed by atoms with Crippen molar-refractivity contribution < 1.29 is 0 Å². The minimum atomic E-state index is 0.120. The van der Waals surface area contributed by atoms with Crippen LogP contribution in [0.1, 0.15) is 0 Å². The van der Waals surface area contributed by atoms with Crippen molar-refractivity contribution in [1.29, 1.82) is 0 Å². The summed E-state index contributed by atoms with van der Waals surface area (Å²) in [5.41, 5.74) is 4.93. The summed E-state index contributed by atoms with van der Waals surface area (Å²) in [5, 5.41) is 12.6. The van der Waals surface area contributed by atoms with E-state index in [1.807, 2.05) is 0 Å². The first kappa shape index (κ1) is 3.35. The molecule has 5 heteroatoms.